The van der Waals surface area contributed by atoms with E-state index >= 15 is 0 Å². The minimum atomic E-state index is -1.30. The van der Waals surface area contributed by atoms with E-state index in [0.717, 1.165) is 12.1 Å². The lowest BCUT2D eigenvalue weighted by Crippen LogP contribution is -2.03. The SMILES string of the molecule is Nc1c(F)cc(C(=O)O)cc1C=O. The number of carboxylic acid groups (broad SMARTS) is 1. The first-order valence-corrected chi connectivity index (χ1v) is 3.33. The molecular weight excluding hydrogens is 177 g/mol. The van der Waals surface area contributed by atoms with Gasteiger partial charge in [0.1, 0.15) is 5.82 Å². The molecule has 0 aliphatic rings. The van der Waals surface area contributed by atoms with Crippen molar-refractivity contribution in [2.24, 2.45) is 0 Å². The normalized spacial score (nSPS) is 9.62. The molecule has 0 radical (unpaired) electrons. The summed E-state index contributed by atoms with van der Waals surface area (Å²) < 4.78 is 12.8. The zero-order valence-corrected chi connectivity index (χ0v) is 6.45. The highest BCUT2D eigenvalue weighted by molar-refractivity contribution is 5.93. The number of rotatable bonds is 2. The first-order valence-electron chi connectivity index (χ1n) is 3.33. The second kappa shape index (κ2) is 3.22. The Balaban J connectivity index is 3.38. The zero-order valence-electron chi connectivity index (χ0n) is 6.45. The Bertz CT molecular complexity index is 376. The molecule has 1 rings (SSSR count). The quantitative estimate of drug-likeness (QED) is 0.527. The maximum atomic E-state index is 12.8. The monoisotopic (exact) mass is 183 g/mol. The van der Waals surface area contributed by atoms with E-state index in [4.69, 9.17) is 10.8 Å². The van der Waals surface area contributed by atoms with Crippen LogP contribution in [0.5, 0.6) is 0 Å². The van der Waals surface area contributed by atoms with Gasteiger partial charge < -0.3 is 10.8 Å². The minimum Gasteiger partial charge on any atom is -0.478 e. The summed E-state index contributed by atoms with van der Waals surface area (Å²) in [5, 5.41) is 8.50. The van der Waals surface area contributed by atoms with Crippen LogP contribution in [0.4, 0.5) is 10.1 Å². The molecule has 0 saturated heterocycles. The number of carbonyl (C=O) groups is 2. The highest BCUT2D eigenvalue weighted by Crippen LogP contribution is 2.17. The Morgan fingerprint density at radius 3 is 2.62 bits per heavy atom. The van der Waals surface area contributed by atoms with Crippen molar-refractivity contribution in [3.63, 3.8) is 0 Å². The largest absolute Gasteiger partial charge is 0.478 e. The third kappa shape index (κ3) is 1.64. The summed E-state index contributed by atoms with van der Waals surface area (Å²) in [7, 11) is 0. The number of benzene rings is 1. The van der Waals surface area contributed by atoms with E-state index in [2.05, 4.69) is 0 Å². The summed E-state index contributed by atoms with van der Waals surface area (Å²) in [5.41, 5.74) is 4.38. The van der Waals surface area contributed by atoms with E-state index in [1.807, 2.05) is 0 Å². The average Bonchev–Trinajstić information content (AvgIpc) is 2.09. The smallest absolute Gasteiger partial charge is 0.335 e. The molecule has 0 unspecified atom stereocenters. The van der Waals surface area contributed by atoms with Crippen LogP contribution in [0, 0.1) is 5.82 Å². The third-order valence-corrected chi connectivity index (χ3v) is 1.54. The Hall–Kier alpha value is -1.91. The van der Waals surface area contributed by atoms with Crippen LogP contribution < -0.4 is 5.73 Å². The standard InChI is InChI=1S/C8H6FNO3/c9-6-2-4(8(12)13)1-5(3-11)7(6)10/h1-3H,10H2,(H,12,13). The van der Waals surface area contributed by atoms with Gasteiger partial charge in [-0.25, -0.2) is 9.18 Å². The Morgan fingerprint density at radius 2 is 2.15 bits per heavy atom. The van der Waals surface area contributed by atoms with Gasteiger partial charge in [0.2, 0.25) is 0 Å². The fourth-order valence-electron chi connectivity index (χ4n) is 0.860. The van der Waals surface area contributed by atoms with Crippen molar-refractivity contribution in [2.75, 3.05) is 5.73 Å². The highest BCUT2D eigenvalue weighted by Gasteiger charge is 2.11. The first kappa shape index (κ1) is 9.18. The molecule has 0 aliphatic heterocycles. The molecule has 13 heavy (non-hydrogen) atoms. The van der Waals surface area contributed by atoms with Gasteiger partial charge in [0, 0.05) is 5.56 Å². The fraction of sp³-hybridized carbons (Fsp3) is 0. The lowest BCUT2D eigenvalue weighted by molar-refractivity contribution is 0.0696. The molecule has 1 aromatic carbocycles. The summed E-state index contributed by atoms with van der Waals surface area (Å²) in [6, 6.07) is 1.79. The molecule has 3 N–H and O–H groups in total. The van der Waals surface area contributed by atoms with E-state index in [-0.39, 0.29) is 16.8 Å². The van der Waals surface area contributed by atoms with E-state index in [9.17, 15) is 14.0 Å². The summed E-state index contributed by atoms with van der Waals surface area (Å²) in [4.78, 5) is 20.7. The van der Waals surface area contributed by atoms with E-state index in [1.54, 1.807) is 0 Å². The summed E-state index contributed by atoms with van der Waals surface area (Å²) in [6.45, 7) is 0. The van der Waals surface area contributed by atoms with Gasteiger partial charge in [-0.3, -0.25) is 4.79 Å². The Morgan fingerprint density at radius 1 is 1.54 bits per heavy atom. The molecule has 0 spiro atoms. The maximum absolute atomic E-state index is 12.8. The molecule has 5 heteroatoms. The van der Waals surface area contributed by atoms with Gasteiger partial charge in [-0.1, -0.05) is 0 Å². The topological polar surface area (TPSA) is 80.4 Å². The summed E-state index contributed by atoms with van der Waals surface area (Å²) in [5.74, 6) is -2.20. The first-order chi connectivity index (χ1) is 6.06. The number of aromatic carboxylic acids is 1. The number of nitrogen functional groups attached to an aromatic ring is 1. The summed E-state index contributed by atoms with van der Waals surface area (Å²) in [6.07, 6.45) is 0.310. The van der Waals surface area contributed by atoms with Crippen LogP contribution >= 0.6 is 0 Å². The van der Waals surface area contributed by atoms with Gasteiger partial charge in [0.05, 0.1) is 11.3 Å². The number of aldehydes is 1. The van der Waals surface area contributed by atoms with Gasteiger partial charge >= 0.3 is 5.97 Å². The van der Waals surface area contributed by atoms with Crippen LogP contribution in [0.15, 0.2) is 12.1 Å². The van der Waals surface area contributed by atoms with E-state index < -0.39 is 11.8 Å². The van der Waals surface area contributed by atoms with Crippen molar-refractivity contribution < 1.29 is 19.1 Å². The molecule has 0 fully saturated rings. The van der Waals surface area contributed by atoms with Crippen LogP contribution in [0.1, 0.15) is 20.7 Å². The average molecular weight is 183 g/mol. The molecule has 0 aromatic heterocycles. The van der Waals surface area contributed by atoms with Gasteiger partial charge in [0.15, 0.2) is 6.29 Å². The zero-order chi connectivity index (χ0) is 10.0. The van der Waals surface area contributed by atoms with Crippen molar-refractivity contribution in [1.29, 1.82) is 0 Å². The maximum Gasteiger partial charge on any atom is 0.335 e. The predicted molar refractivity (Wildman–Crippen MR) is 43.2 cm³/mol. The van der Waals surface area contributed by atoms with Gasteiger partial charge in [-0.2, -0.15) is 0 Å². The molecule has 0 atom stereocenters. The lowest BCUT2D eigenvalue weighted by Gasteiger charge is -2.01. The molecule has 0 aliphatic carbocycles. The molecule has 0 amide bonds. The Labute approximate surface area is 72.8 Å². The summed E-state index contributed by atoms with van der Waals surface area (Å²) >= 11 is 0. The second-order valence-corrected chi connectivity index (χ2v) is 2.38. The van der Waals surface area contributed by atoms with E-state index in [0.29, 0.717) is 6.29 Å². The highest BCUT2D eigenvalue weighted by atomic mass is 19.1. The third-order valence-electron chi connectivity index (χ3n) is 1.54. The van der Waals surface area contributed by atoms with Gasteiger partial charge in [-0.05, 0) is 12.1 Å². The molecule has 0 saturated carbocycles. The number of nitrogens with two attached hydrogens (primary N) is 1. The molecule has 0 bridgehead atoms. The molecule has 0 heterocycles. The van der Waals surface area contributed by atoms with Crippen molar-refractivity contribution in [2.45, 2.75) is 0 Å². The fourth-order valence-corrected chi connectivity index (χ4v) is 0.860. The van der Waals surface area contributed by atoms with Crippen LogP contribution in [-0.2, 0) is 0 Å². The van der Waals surface area contributed by atoms with Crippen molar-refractivity contribution in [1.82, 2.24) is 0 Å². The van der Waals surface area contributed by atoms with Crippen LogP contribution in [-0.4, -0.2) is 17.4 Å². The van der Waals surface area contributed by atoms with Crippen molar-refractivity contribution in [3.8, 4) is 0 Å². The van der Waals surface area contributed by atoms with Crippen LogP contribution in [0.2, 0.25) is 0 Å². The molecular formula is C8H6FNO3. The number of hydrogen-bond acceptors (Lipinski definition) is 3. The number of carbonyl (C=O) groups excluding carboxylic acids is 1. The predicted octanol–water partition coefficient (Wildman–Crippen LogP) is 0.919. The number of carboxylic acids is 1. The lowest BCUT2D eigenvalue weighted by atomic mass is 10.1. The van der Waals surface area contributed by atoms with Crippen LogP contribution in [0.3, 0.4) is 0 Å². The Kier molecular flexibility index (Phi) is 2.27. The van der Waals surface area contributed by atoms with E-state index in [1.165, 1.54) is 0 Å². The van der Waals surface area contributed by atoms with Crippen molar-refractivity contribution >= 4 is 17.9 Å². The molecule has 1 aromatic rings. The molecule has 68 valence electrons. The van der Waals surface area contributed by atoms with Gasteiger partial charge in [0.25, 0.3) is 0 Å². The minimum absolute atomic E-state index is 0.155. The van der Waals surface area contributed by atoms with Crippen LogP contribution in [0.25, 0.3) is 0 Å². The number of halogens is 1. The number of anilines is 1. The van der Waals surface area contributed by atoms with Gasteiger partial charge in [-0.15, -0.1) is 0 Å². The van der Waals surface area contributed by atoms with Crippen molar-refractivity contribution in [3.05, 3.63) is 29.1 Å². The molecule has 4 nitrogen and oxygen atoms in total. The number of hydrogen-bond donors (Lipinski definition) is 2. The second-order valence-electron chi connectivity index (χ2n) is 2.38.